The first-order valence-electron chi connectivity index (χ1n) is 11.4. The Morgan fingerprint density at radius 3 is 2.34 bits per heavy atom. The van der Waals surface area contributed by atoms with Crippen LogP contribution in [-0.2, 0) is 6.42 Å². The average molecular weight is 474 g/mol. The highest BCUT2D eigenvalue weighted by Gasteiger charge is 2.37. The molecule has 1 aromatic carbocycles. The van der Waals surface area contributed by atoms with Crippen LogP contribution in [-0.4, -0.2) is 30.5 Å². The minimum Gasteiger partial charge on any atom is -0.378 e. The Kier molecular flexibility index (Phi) is 11.5. The van der Waals surface area contributed by atoms with Gasteiger partial charge in [0.05, 0.1) is 22.8 Å². The Morgan fingerprint density at radius 1 is 1.16 bits per heavy atom. The van der Waals surface area contributed by atoms with Gasteiger partial charge in [0.1, 0.15) is 17.1 Å². The van der Waals surface area contributed by atoms with Crippen molar-refractivity contribution in [2.24, 2.45) is 0 Å². The van der Waals surface area contributed by atoms with Gasteiger partial charge >= 0.3 is 6.18 Å². The summed E-state index contributed by atoms with van der Waals surface area (Å²) < 4.78 is 54.5. The number of piperidine rings is 1. The number of benzene rings is 1. The Labute approximate surface area is 193 Å². The Balaban J connectivity index is 0.00000121. The first-order chi connectivity index (χ1) is 15.3. The van der Waals surface area contributed by atoms with Crippen LogP contribution in [0.25, 0.3) is 10.1 Å². The van der Waals surface area contributed by atoms with Crippen molar-refractivity contribution in [1.29, 1.82) is 5.26 Å². The van der Waals surface area contributed by atoms with Gasteiger partial charge in [0.2, 0.25) is 0 Å². The number of hydrogen-bond acceptors (Lipinski definition) is 4. The van der Waals surface area contributed by atoms with E-state index in [0.717, 1.165) is 17.8 Å². The van der Waals surface area contributed by atoms with Gasteiger partial charge in [-0.1, -0.05) is 53.7 Å². The number of nitrogens with zero attached hydrogens (tertiary/aromatic N) is 1. The number of hydrogen-bond donors (Lipinski definition) is 2. The first kappa shape index (κ1) is 28.2. The predicted octanol–water partition coefficient (Wildman–Crippen LogP) is 7.60. The quantitative estimate of drug-likeness (QED) is 0.440. The van der Waals surface area contributed by atoms with Crippen molar-refractivity contribution in [1.82, 2.24) is 5.32 Å². The number of halogens is 4. The topological polar surface area (TPSA) is 47.9 Å². The molecule has 180 valence electrons. The molecule has 0 amide bonds. The van der Waals surface area contributed by atoms with Gasteiger partial charge < -0.3 is 10.6 Å². The van der Waals surface area contributed by atoms with E-state index in [1.54, 1.807) is 18.2 Å². The molecule has 0 saturated carbocycles. The number of thiophene rings is 1. The molecule has 0 radical (unpaired) electrons. The molecule has 1 aromatic heterocycles. The van der Waals surface area contributed by atoms with Crippen LogP contribution in [0.2, 0.25) is 0 Å². The van der Waals surface area contributed by atoms with Crippen LogP contribution in [0.1, 0.15) is 71.2 Å². The van der Waals surface area contributed by atoms with Gasteiger partial charge in [-0.15, -0.1) is 11.3 Å². The van der Waals surface area contributed by atoms with Gasteiger partial charge in [-0.25, -0.2) is 4.39 Å². The molecule has 3 nitrogen and oxygen atoms in total. The normalized spacial score (nSPS) is 22.8. The summed E-state index contributed by atoms with van der Waals surface area (Å²) in [5.74, 6) is 0. The molecule has 2 N–H and O–H groups in total. The van der Waals surface area contributed by atoms with Gasteiger partial charge in [0, 0.05) is 12.1 Å². The molecule has 8 heteroatoms. The van der Waals surface area contributed by atoms with Crippen LogP contribution in [0.5, 0.6) is 0 Å². The van der Waals surface area contributed by atoms with Crippen molar-refractivity contribution in [3.05, 3.63) is 28.6 Å². The van der Waals surface area contributed by atoms with Crippen molar-refractivity contribution in [2.45, 2.75) is 97.7 Å². The van der Waals surface area contributed by atoms with Crippen molar-refractivity contribution in [3.63, 3.8) is 0 Å². The van der Waals surface area contributed by atoms with Gasteiger partial charge in [-0.05, 0) is 36.3 Å². The fourth-order valence-electron chi connectivity index (χ4n) is 3.90. The lowest BCUT2D eigenvalue weighted by molar-refractivity contribution is -0.126. The second-order valence-corrected chi connectivity index (χ2v) is 8.23. The zero-order valence-electron chi connectivity index (χ0n) is 19.7. The molecular weight excluding hydrogens is 438 g/mol. The summed E-state index contributed by atoms with van der Waals surface area (Å²) in [5.41, 5.74) is 0.588. The highest BCUT2D eigenvalue weighted by atomic mass is 32.1. The molecule has 4 atom stereocenters. The van der Waals surface area contributed by atoms with E-state index in [-0.39, 0.29) is 22.5 Å². The van der Waals surface area contributed by atoms with E-state index >= 15 is 0 Å². The van der Waals surface area contributed by atoms with Crippen LogP contribution in [0.3, 0.4) is 0 Å². The zero-order valence-corrected chi connectivity index (χ0v) is 20.6. The van der Waals surface area contributed by atoms with E-state index in [1.807, 2.05) is 47.6 Å². The zero-order chi connectivity index (χ0) is 24.5. The molecule has 1 fully saturated rings. The molecule has 0 aliphatic carbocycles. The fraction of sp³-hybridized carbons (Fsp3) is 0.625. The third kappa shape index (κ3) is 6.82. The number of anilines is 1. The van der Waals surface area contributed by atoms with E-state index in [4.69, 9.17) is 0 Å². The molecular formula is C24H35F4N3S. The van der Waals surface area contributed by atoms with E-state index in [1.165, 1.54) is 0 Å². The van der Waals surface area contributed by atoms with Crippen LogP contribution in [0.15, 0.2) is 18.2 Å². The third-order valence-corrected chi connectivity index (χ3v) is 6.51. The van der Waals surface area contributed by atoms with Gasteiger partial charge in [0.15, 0.2) is 0 Å². The van der Waals surface area contributed by atoms with Gasteiger partial charge in [0.25, 0.3) is 0 Å². The molecule has 1 saturated heterocycles. The monoisotopic (exact) mass is 473 g/mol. The van der Waals surface area contributed by atoms with Crippen molar-refractivity contribution < 1.29 is 17.6 Å². The summed E-state index contributed by atoms with van der Waals surface area (Å²) >= 11 is 1.03. The summed E-state index contributed by atoms with van der Waals surface area (Å²) in [6, 6.07) is 6.38. The second kappa shape index (κ2) is 13.0. The molecule has 2 heterocycles. The molecule has 32 heavy (non-hydrogen) atoms. The number of rotatable bonds is 5. The van der Waals surface area contributed by atoms with E-state index in [2.05, 4.69) is 10.6 Å². The smallest absolute Gasteiger partial charge is 0.378 e. The maximum atomic E-state index is 15.0. The largest absolute Gasteiger partial charge is 0.393 e. The summed E-state index contributed by atoms with van der Waals surface area (Å²) in [5, 5.41) is 16.3. The van der Waals surface area contributed by atoms with E-state index in [9.17, 15) is 22.8 Å². The van der Waals surface area contributed by atoms with Gasteiger partial charge in [-0.2, -0.15) is 18.4 Å². The van der Waals surface area contributed by atoms with Crippen molar-refractivity contribution in [3.8, 4) is 6.07 Å². The Morgan fingerprint density at radius 2 is 1.81 bits per heavy atom. The summed E-state index contributed by atoms with van der Waals surface area (Å²) in [4.78, 5) is 0.0570. The minimum atomic E-state index is -4.40. The van der Waals surface area contributed by atoms with Crippen molar-refractivity contribution in [2.75, 3.05) is 5.32 Å². The van der Waals surface area contributed by atoms with Crippen LogP contribution >= 0.6 is 11.3 Å². The molecule has 1 aliphatic heterocycles. The van der Waals surface area contributed by atoms with Crippen LogP contribution in [0.4, 0.5) is 23.2 Å². The molecule has 3 rings (SSSR count). The summed E-state index contributed by atoms with van der Waals surface area (Å²) in [7, 11) is 0. The molecule has 1 aliphatic rings. The maximum Gasteiger partial charge on any atom is 0.393 e. The highest BCUT2D eigenvalue weighted by molar-refractivity contribution is 7.20. The Bertz CT molecular complexity index is 872. The number of fused-ring (bicyclic) bond motifs is 1. The highest BCUT2D eigenvalue weighted by Crippen LogP contribution is 2.39. The van der Waals surface area contributed by atoms with Crippen LogP contribution < -0.4 is 10.6 Å². The third-order valence-electron chi connectivity index (χ3n) is 5.33. The molecule has 0 bridgehead atoms. The molecule has 2 aromatic rings. The number of nitriles is 1. The molecule has 0 spiro atoms. The van der Waals surface area contributed by atoms with Crippen molar-refractivity contribution >= 4 is 27.1 Å². The Hall–Kier alpha value is -1.85. The second-order valence-electron chi connectivity index (χ2n) is 7.21. The number of alkyl halides is 4. The minimum absolute atomic E-state index is 0.00127. The first-order valence-corrected chi connectivity index (χ1v) is 12.3. The fourth-order valence-corrected chi connectivity index (χ4v) is 4.99. The van der Waals surface area contributed by atoms with Gasteiger partial charge in [-0.3, -0.25) is 0 Å². The van der Waals surface area contributed by atoms with Crippen LogP contribution in [0, 0.1) is 11.3 Å². The maximum absolute atomic E-state index is 15.0. The summed E-state index contributed by atoms with van der Waals surface area (Å²) in [6.07, 6.45) is -4.52. The number of nitrogens with one attached hydrogen (secondary N) is 2. The summed E-state index contributed by atoms with van der Waals surface area (Å²) in [6.45, 7) is 12.0. The molecule has 4 unspecified atom stereocenters. The lowest BCUT2D eigenvalue weighted by atomic mass is 9.89. The lowest BCUT2D eigenvalue weighted by Gasteiger charge is -2.39. The van der Waals surface area contributed by atoms with E-state index in [0.29, 0.717) is 28.6 Å². The average Bonchev–Trinajstić information content (AvgIpc) is 3.14. The van der Waals surface area contributed by atoms with E-state index < -0.39 is 24.8 Å². The standard InChI is InChI=1S/C20H23F4N3S.2C2H6/c1-3-11-8-16(18(21)14(4-2)26-11)27-15-7-5-6-12-13(9-20(22,23)24)17(10-25)28-19(12)15;2*1-2/h5-7,11,14,16,18,26-27H,3-4,8-9H2,1-2H3;2*1-2H3. The lowest BCUT2D eigenvalue weighted by Crippen LogP contribution is -2.57. The predicted molar refractivity (Wildman–Crippen MR) is 127 cm³/mol. The SMILES string of the molecule is CC.CC.CCC1CC(Nc2cccc3c(CC(F)(F)F)c(C#N)sc23)C(F)C(CC)N1.